The Hall–Kier alpha value is -0.650. The number of quaternary nitrogens is 1. The summed E-state index contributed by atoms with van der Waals surface area (Å²) < 4.78 is 6.62. The van der Waals surface area contributed by atoms with Crippen molar-refractivity contribution in [3.05, 3.63) is 0 Å². The first-order valence-corrected chi connectivity index (χ1v) is 6.20. The minimum absolute atomic E-state index is 0.0296. The van der Waals surface area contributed by atoms with Crippen LogP contribution in [0, 0.1) is 5.41 Å². The number of hydrogen-bond donors (Lipinski definition) is 1. The van der Waals surface area contributed by atoms with E-state index in [0.717, 1.165) is 0 Å². The lowest BCUT2D eigenvalue weighted by Crippen LogP contribution is -2.67. The molecule has 0 radical (unpaired) electrons. The van der Waals surface area contributed by atoms with E-state index in [4.69, 9.17) is 9.68 Å². The number of ether oxygens (including phenoxy) is 1. The third-order valence-corrected chi connectivity index (χ3v) is 3.99. The Bertz CT molecular complexity index is 291. The summed E-state index contributed by atoms with van der Waals surface area (Å²) >= 11 is 0. The monoisotopic (exact) mass is 260 g/mol. The fourth-order valence-corrected chi connectivity index (χ4v) is 1.13. The van der Waals surface area contributed by atoms with E-state index in [1.807, 2.05) is 27.9 Å². The van der Waals surface area contributed by atoms with Gasteiger partial charge in [0.05, 0.1) is 19.7 Å². The molecule has 0 fully saturated rings. The molecule has 1 N–H and O–H groups in total. The second-order valence-corrected chi connectivity index (χ2v) is 7.07. The quantitative estimate of drug-likeness (QED) is 0.345. The smallest absolute Gasteiger partial charge is 0.217 e. The van der Waals surface area contributed by atoms with E-state index in [0.29, 0.717) is 4.59 Å². The summed E-state index contributed by atoms with van der Waals surface area (Å²) in [5, 5.41) is 3.35. The molecule has 0 saturated carbocycles. The summed E-state index contributed by atoms with van der Waals surface area (Å²) in [5.74, 6) is 0. The zero-order valence-corrected chi connectivity index (χ0v) is 13.4. The average molecular weight is 260 g/mol. The van der Waals surface area contributed by atoms with Crippen molar-refractivity contribution in [1.82, 2.24) is 5.59 Å². The van der Waals surface area contributed by atoms with Gasteiger partial charge in [-0.3, -0.25) is 4.94 Å². The number of nitrogens with one attached hydrogen (secondary N) is 1. The van der Waals surface area contributed by atoms with Crippen molar-refractivity contribution in [3.63, 3.8) is 0 Å². The topological polar surface area (TPSA) is 42.8 Å². The SMILES string of the molecule is C=NON[N+](C)(C)C(C)(C)OC(C)(C)C(C)(C)C. The molecule has 0 aromatic heterocycles. The molecule has 108 valence electrons. The Morgan fingerprint density at radius 3 is 1.78 bits per heavy atom. The van der Waals surface area contributed by atoms with Gasteiger partial charge in [-0.15, -0.1) is 0 Å². The van der Waals surface area contributed by atoms with Crippen LogP contribution in [0.3, 0.4) is 0 Å². The van der Waals surface area contributed by atoms with E-state index < -0.39 is 5.72 Å². The van der Waals surface area contributed by atoms with Crippen molar-refractivity contribution in [2.24, 2.45) is 10.6 Å². The molecule has 18 heavy (non-hydrogen) atoms. The molecule has 0 saturated heterocycles. The fraction of sp³-hybridized carbons (Fsp3) is 0.923. The molecular formula is C13H30N3O2+. The third-order valence-electron chi connectivity index (χ3n) is 3.99. The van der Waals surface area contributed by atoms with E-state index in [-0.39, 0.29) is 11.0 Å². The molecule has 0 aliphatic carbocycles. The van der Waals surface area contributed by atoms with Gasteiger partial charge in [0.2, 0.25) is 5.72 Å². The number of hydrogen-bond acceptors (Lipinski definition) is 4. The molecule has 0 bridgehead atoms. The first-order valence-electron chi connectivity index (χ1n) is 6.20. The van der Waals surface area contributed by atoms with Crippen molar-refractivity contribution >= 4 is 6.72 Å². The molecular weight excluding hydrogens is 230 g/mol. The van der Waals surface area contributed by atoms with Crippen molar-refractivity contribution in [3.8, 4) is 0 Å². The molecule has 0 rings (SSSR count). The number of oxime groups is 1. The highest BCUT2D eigenvalue weighted by Crippen LogP contribution is 2.38. The second-order valence-electron chi connectivity index (χ2n) is 7.07. The van der Waals surface area contributed by atoms with Crippen molar-refractivity contribution in [2.75, 3.05) is 14.1 Å². The Kier molecular flexibility index (Phi) is 4.96. The van der Waals surface area contributed by atoms with Crippen LogP contribution in [0.2, 0.25) is 0 Å². The zero-order chi connectivity index (χ0) is 14.8. The molecule has 0 aromatic carbocycles. The molecule has 0 amide bonds. The fourth-order valence-electron chi connectivity index (χ4n) is 1.13. The Balaban J connectivity index is 4.99. The van der Waals surface area contributed by atoms with E-state index in [2.05, 4.69) is 52.1 Å². The number of nitrogens with zero attached hydrogens (tertiary/aromatic N) is 2. The van der Waals surface area contributed by atoms with Gasteiger partial charge < -0.3 is 4.74 Å². The van der Waals surface area contributed by atoms with Gasteiger partial charge in [-0.25, -0.2) is 0 Å². The summed E-state index contributed by atoms with van der Waals surface area (Å²) in [4.78, 5) is 4.84. The Morgan fingerprint density at radius 1 is 1.00 bits per heavy atom. The highest BCUT2D eigenvalue weighted by molar-refractivity contribution is 5.21. The minimum Gasteiger partial charge on any atom is -0.319 e. The van der Waals surface area contributed by atoms with Gasteiger partial charge in [0.25, 0.3) is 0 Å². The summed E-state index contributed by atoms with van der Waals surface area (Å²) in [6.07, 6.45) is 0. The van der Waals surface area contributed by atoms with Gasteiger partial charge in [-0.1, -0.05) is 25.9 Å². The van der Waals surface area contributed by atoms with Crippen molar-refractivity contribution in [2.45, 2.75) is 59.8 Å². The van der Waals surface area contributed by atoms with E-state index in [1.54, 1.807) is 0 Å². The highest BCUT2D eigenvalue weighted by Gasteiger charge is 2.47. The molecule has 0 unspecified atom stereocenters. The van der Waals surface area contributed by atoms with Crippen LogP contribution in [0.4, 0.5) is 0 Å². The largest absolute Gasteiger partial charge is 0.319 e. The summed E-state index contributed by atoms with van der Waals surface area (Å²) in [5.41, 5.74) is 2.05. The lowest BCUT2D eigenvalue weighted by atomic mass is 9.79. The highest BCUT2D eigenvalue weighted by atomic mass is 16.8. The van der Waals surface area contributed by atoms with Crippen LogP contribution in [0.25, 0.3) is 0 Å². The van der Waals surface area contributed by atoms with Gasteiger partial charge in [-0.2, -0.15) is 4.59 Å². The van der Waals surface area contributed by atoms with Crippen molar-refractivity contribution in [1.29, 1.82) is 0 Å². The lowest BCUT2D eigenvalue weighted by Gasteiger charge is -2.48. The maximum Gasteiger partial charge on any atom is 0.217 e. The summed E-state index contributed by atoms with van der Waals surface area (Å²) in [6.45, 7) is 18.0. The minimum atomic E-state index is -0.499. The van der Waals surface area contributed by atoms with Crippen LogP contribution in [0.5, 0.6) is 0 Å². The van der Waals surface area contributed by atoms with Crippen molar-refractivity contribution < 1.29 is 14.3 Å². The number of rotatable bonds is 6. The zero-order valence-electron chi connectivity index (χ0n) is 13.4. The van der Waals surface area contributed by atoms with Crippen LogP contribution in [0.1, 0.15) is 48.5 Å². The predicted molar refractivity (Wildman–Crippen MR) is 74.6 cm³/mol. The van der Waals surface area contributed by atoms with Crippen LogP contribution >= 0.6 is 0 Å². The molecule has 5 nitrogen and oxygen atoms in total. The Morgan fingerprint density at radius 2 is 1.44 bits per heavy atom. The molecule has 0 aliphatic rings. The van der Waals surface area contributed by atoms with Gasteiger partial charge >= 0.3 is 0 Å². The van der Waals surface area contributed by atoms with Gasteiger partial charge in [-0.05, 0) is 19.3 Å². The van der Waals surface area contributed by atoms with Gasteiger partial charge in [0.1, 0.15) is 0 Å². The second kappa shape index (κ2) is 5.15. The average Bonchev–Trinajstić information content (AvgIpc) is 2.10. The lowest BCUT2D eigenvalue weighted by molar-refractivity contribution is -1.03. The summed E-state index contributed by atoms with van der Waals surface area (Å²) in [7, 11) is 3.90. The summed E-state index contributed by atoms with van der Waals surface area (Å²) in [6, 6.07) is 0. The Labute approximate surface area is 112 Å². The first-order chi connectivity index (χ1) is 7.77. The van der Waals surface area contributed by atoms with Gasteiger partial charge in [0, 0.05) is 26.2 Å². The molecule has 0 heterocycles. The van der Waals surface area contributed by atoms with Crippen LogP contribution in [-0.4, -0.2) is 36.7 Å². The first kappa shape index (κ1) is 17.4. The normalized spacial score (nSPS) is 14.5. The van der Waals surface area contributed by atoms with Crippen LogP contribution in [0.15, 0.2) is 5.16 Å². The molecule has 5 heteroatoms. The molecule has 0 aliphatic heterocycles. The van der Waals surface area contributed by atoms with Gasteiger partial charge in [0.15, 0.2) is 0 Å². The van der Waals surface area contributed by atoms with E-state index in [9.17, 15) is 0 Å². The maximum atomic E-state index is 6.32. The third kappa shape index (κ3) is 3.93. The van der Waals surface area contributed by atoms with E-state index >= 15 is 0 Å². The molecule has 0 spiro atoms. The molecule has 0 aromatic rings. The molecule has 0 atom stereocenters. The van der Waals surface area contributed by atoms with Crippen LogP contribution < -0.4 is 5.59 Å². The standard InChI is InChI=1S/C13H30N3O2/c1-11(2,3)12(4,5)17-13(6,7)16(9,10)15-18-14-8/h15H,8H2,1-7,9-10H3/q+1. The van der Waals surface area contributed by atoms with E-state index in [1.165, 1.54) is 0 Å². The van der Waals surface area contributed by atoms with Crippen LogP contribution in [-0.2, 0) is 9.68 Å². The maximum absolute atomic E-state index is 6.32. The predicted octanol–water partition coefficient (Wildman–Crippen LogP) is 2.69.